The van der Waals surface area contributed by atoms with E-state index >= 15 is 0 Å². The Hall–Kier alpha value is -2.70. The number of aryl methyl sites for hydroxylation is 2. The highest BCUT2D eigenvalue weighted by Gasteiger charge is 2.39. The quantitative estimate of drug-likeness (QED) is 0.386. The number of piperazine rings is 1. The maximum absolute atomic E-state index is 13.5. The molecule has 1 aliphatic carbocycles. The predicted molar refractivity (Wildman–Crippen MR) is 144 cm³/mol. The molecule has 11 heteroatoms. The first-order valence-corrected chi connectivity index (χ1v) is 15.0. The fourth-order valence-corrected chi connectivity index (χ4v) is 8.34. The number of aliphatic hydroxyl groups is 1. The third-order valence-electron chi connectivity index (χ3n) is 7.74. The van der Waals surface area contributed by atoms with Gasteiger partial charge in [-0.3, -0.25) is 4.90 Å². The van der Waals surface area contributed by atoms with Crippen molar-refractivity contribution < 1.29 is 17.9 Å². The van der Waals surface area contributed by atoms with Gasteiger partial charge in [-0.05, 0) is 80.1 Å². The summed E-state index contributed by atoms with van der Waals surface area (Å²) in [4.78, 5) is 6.54. The molecule has 0 radical (unpaired) electrons. The molecule has 6 rings (SSSR count). The fraction of sp³-hybridized carbons (Fsp3) is 0.407. The van der Waals surface area contributed by atoms with Crippen molar-refractivity contribution in [1.82, 2.24) is 24.0 Å². The maximum Gasteiger partial charge on any atom is 0.254 e. The number of hydrogen-bond donors (Lipinski definition) is 1. The van der Waals surface area contributed by atoms with Gasteiger partial charge in [0, 0.05) is 37.6 Å². The Kier molecular flexibility index (Phi) is 6.59. The van der Waals surface area contributed by atoms with E-state index in [0.717, 1.165) is 52.1 Å². The Morgan fingerprint density at radius 2 is 1.87 bits per heavy atom. The molecule has 2 aliphatic rings. The molecule has 38 heavy (non-hydrogen) atoms. The van der Waals surface area contributed by atoms with Crippen molar-refractivity contribution in [3.05, 3.63) is 70.7 Å². The molecule has 0 amide bonds. The normalized spacial score (nSPS) is 23.1. The summed E-state index contributed by atoms with van der Waals surface area (Å²) in [6, 6.07) is 10.3. The number of aliphatic hydroxyl groups excluding tert-OH is 1. The van der Waals surface area contributed by atoms with E-state index in [4.69, 9.17) is 0 Å². The van der Waals surface area contributed by atoms with E-state index in [0.29, 0.717) is 25.6 Å². The largest absolute Gasteiger partial charge is 0.393 e. The summed E-state index contributed by atoms with van der Waals surface area (Å²) >= 11 is 1.20. The van der Waals surface area contributed by atoms with Crippen LogP contribution in [0.1, 0.15) is 35.0 Å². The molecule has 8 nitrogen and oxygen atoms in total. The lowest BCUT2D eigenvalue weighted by Gasteiger charge is -2.44. The zero-order valence-electron chi connectivity index (χ0n) is 21.3. The van der Waals surface area contributed by atoms with Gasteiger partial charge in [-0.1, -0.05) is 0 Å². The van der Waals surface area contributed by atoms with Crippen LogP contribution in [0.5, 0.6) is 0 Å². The molecule has 4 aromatic rings. The zero-order chi connectivity index (χ0) is 26.6. The van der Waals surface area contributed by atoms with Gasteiger partial charge in [-0.25, -0.2) is 22.5 Å². The molecule has 1 saturated carbocycles. The molecule has 200 valence electrons. The van der Waals surface area contributed by atoms with E-state index in [1.165, 1.54) is 29.7 Å². The first-order valence-electron chi connectivity index (χ1n) is 12.8. The Morgan fingerprint density at radius 3 is 2.55 bits per heavy atom. The number of fused-ring (bicyclic) bond motifs is 1. The van der Waals surface area contributed by atoms with Crippen LogP contribution in [0.2, 0.25) is 0 Å². The molecule has 1 atom stereocenters. The van der Waals surface area contributed by atoms with Gasteiger partial charge in [0.1, 0.15) is 5.82 Å². The lowest BCUT2D eigenvalue weighted by atomic mass is 9.81. The van der Waals surface area contributed by atoms with Crippen LogP contribution in [-0.2, 0) is 10.0 Å². The van der Waals surface area contributed by atoms with E-state index in [1.54, 1.807) is 27.3 Å². The van der Waals surface area contributed by atoms with E-state index in [-0.39, 0.29) is 22.2 Å². The molecule has 1 saturated heterocycles. The minimum absolute atomic E-state index is 0.135. The third kappa shape index (κ3) is 4.66. The average Bonchev–Trinajstić information content (AvgIpc) is 3.50. The summed E-state index contributed by atoms with van der Waals surface area (Å²) < 4.78 is 44.1. The molecule has 2 aromatic carbocycles. The summed E-state index contributed by atoms with van der Waals surface area (Å²) in [6.07, 6.45) is 4.59. The third-order valence-corrected chi connectivity index (χ3v) is 11.0. The molecular formula is C27H30FN5O3S2. The summed E-state index contributed by atoms with van der Waals surface area (Å²) in [5.41, 5.74) is 3.79. The van der Waals surface area contributed by atoms with Gasteiger partial charge in [-0.2, -0.15) is 9.40 Å². The summed E-state index contributed by atoms with van der Waals surface area (Å²) in [5.74, 6) is 0.109. The molecular weight excluding hydrogens is 525 g/mol. The Balaban J connectivity index is 1.36. The van der Waals surface area contributed by atoms with Gasteiger partial charge < -0.3 is 5.11 Å². The molecule has 3 heterocycles. The Morgan fingerprint density at radius 1 is 1.11 bits per heavy atom. The topological polar surface area (TPSA) is 91.6 Å². The highest BCUT2D eigenvalue weighted by molar-refractivity contribution is 7.91. The van der Waals surface area contributed by atoms with Crippen LogP contribution in [0.15, 0.2) is 53.0 Å². The van der Waals surface area contributed by atoms with Crippen LogP contribution < -0.4 is 0 Å². The van der Waals surface area contributed by atoms with Crippen LogP contribution in [0.4, 0.5) is 4.39 Å². The van der Waals surface area contributed by atoms with Crippen molar-refractivity contribution >= 4 is 32.3 Å². The van der Waals surface area contributed by atoms with Gasteiger partial charge in [0.05, 0.1) is 34.7 Å². The first-order chi connectivity index (χ1) is 18.2. The number of rotatable bonds is 6. The van der Waals surface area contributed by atoms with Crippen molar-refractivity contribution in [3.8, 4) is 5.69 Å². The molecule has 0 unspecified atom stereocenters. The van der Waals surface area contributed by atoms with Crippen molar-refractivity contribution in [2.75, 3.05) is 26.2 Å². The second kappa shape index (κ2) is 9.80. The van der Waals surface area contributed by atoms with E-state index < -0.39 is 10.0 Å². The lowest BCUT2D eigenvalue weighted by molar-refractivity contribution is 0.00596. The van der Waals surface area contributed by atoms with Crippen LogP contribution >= 0.6 is 11.3 Å². The number of hydrogen-bond acceptors (Lipinski definition) is 7. The number of nitrogens with zero attached hydrogens (tertiary/aromatic N) is 5. The van der Waals surface area contributed by atoms with Gasteiger partial charge in [0.15, 0.2) is 4.21 Å². The summed E-state index contributed by atoms with van der Waals surface area (Å²) in [6.45, 7) is 6.04. The fourth-order valence-electron chi connectivity index (χ4n) is 5.64. The Labute approximate surface area is 225 Å². The predicted octanol–water partition coefficient (Wildman–Crippen LogP) is 4.06. The maximum atomic E-state index is 13.5. The number of sulfonamides is 1. The van der Waals surface area contributed by atoms with Crippen molar-refractivity contribution in [2.24, 2.45) is 5.92 Å². The summed E-state index contributed by atoms with van der Waals surface area (Å²) in [5, 5.41) is 16.1. The summed E-state index contributed by atoms with van der Waals surface area (Å²) in [7, 11) is -3.65. The molecule has 1 aliphatic heterocycles. The minimum Gasteiger partial charge on any atom is -0.393 e. The molecule has 2 fully saturated rings. The van der Waals surface area contributed by atoms with Crippen LogP contribution in [0.3, 0.4) is 0 Å². The molecule has 2 aromatic heterocycles. The number of aromatic nitrogens is 3. The van der Waals surface area contributed by atoms with E-state index in [2.05, 4.69) is 27.1 Å². The van der Waals surface area contributed by atoms with Gasteiger partial charge in [0.2, 0.25) is 0 Å². The Bertz CT molecular complexity index is 1580. The van der Waals surface area contributed by atoms with Crippen LogP contribution in [-0.4, -0.2) is 69.8 Å². The minimum atomic E-state index is -3.65. The number of halogens is 1. The zero-order valence-corrected chi connectivity index (χ0v) is 22.9. The van der Waals surface area contributed by atoms with Crippen molar-refractivity contribution in [2.45, 2.75) is 43.0 Å². The smallest absolute Gasteiger partial charge is 0.254 e. The van der Waals surface area contributed by atoms with Gasteiger partial charge in [0.25, 0.3) is 10.0 Å². The highest BCUT2D eigenvalue weighted by atomic mass is 32.2. The van der Waals surface area contributed by atoms with E-state index in [9.17, 15) is 17.9 Å². The second-order valence-corrected chi connectivity index (χ2v) is 13.8. The monoisotopic (exact) mass is 555 g/mol. The van der Waals surface area contributed by atoms with E-state index in [1.807, 2.05) is 13.8 Å². The van der Waals surface area contributed by atoms with Gasteiger partial charge in [-0.15, -0.1) is 11.3 Å². The van der Waals surface area contributed by atoms with Crippen LogP contribution in [0, 0.1) is 25.6 Å². The number of benzene rings is 2. The average molecular weight is 556 g/mol. The molecule has 0 spiro atoms. The lowest BCUT2D eigenvalue weighted by Crippen LogP contribution is -2.52. The second-order valence-electron chi connectivity index (χ2n) is 10.4. The SMILES string of the molecule is Cc1ncc(S(=O)(=O)N2CCN(C[C@H]3C[C@@H](O)C3)[C@H](c3cc4cnn(-c5ccc(F)cc5)c4cc3C)C2)s1. The van der Waals surface area contributed by atoms with Crippen molar-refractivity contribution in [1.29, 1.82) is 0 Å². The van der Waals surface area contributed by atoms with Gasteiger partial charge >= 0.3 is 0 Å². The van der Waals surface area contributed by atoms with Crippen molar-refractivity contribution in [3.63, 3.8) is 0 Å². The standard InChI is InChI=1S/C27H30FN5O3S2/c1-17-9-25-20(13-30-33(25)22-5-3-21(28)4-6-22)12-24(17)26-16-32(38(35,36)27-14-29-18(2)37-27)8-7-31(26)15-19-10-23(34)11-19/h3-6,9,12-14,19,23,26,34H,7-8,10-11,15-16H2,1-2H3/t19-,23+,26-/m0/s1. The first kappa shape index (κ1) is 25.6. The number of thiazole rings is 1. The van der Waals surface area contributed by atoms with Crippen LogP contribution in [0.25, 0.3) is 16.6 Å². The molecule has 1 N–H and O–H groups in total. The molecule has 0 bridgehead atoms. The highest BCUT2D eigenvalue weighted by Crippen LogP contribution is 2.37.